The van der Waals surface area contributed by atoms with Crippen LogP contribution in [-0.2, 0) is 4.79 Å². The molecule has 0 aromatic heterocycles. The minimum absolute atomic E-state index is 0.0956. The summed E-state index contributed by atoms with van der Waals surface area (Å²) in [4.78, 5) is 10.6. The Balaban J connectivity index is 3.19. The third-order valence-electron chi connectivity index (χ3n) is 1.90. The summed E-state index contributed by atoms with van der Waals surface area (Å²) in [5.41, 5.74) is 5.40. The highest BCUT2D eigenvalue weighted by Crippen LogP contribution is 2.37. The molecule has 0 spiro atoms. The highest BCUT2D eigenvalue weighted by molar-refractivity contribution is 5.76. The van der Waals surface area contributed by atoms with E-state index in [-0.39, 0.29) is 22.8 Å². The van der Waals surface area contributed by atoms with Crippen molar-refractivity contribution in [2.24, 2.45) is 5.73 Å². The van der Waals surface area contributed by atoms with Crippen molar-refractivity contribution >= 4 is 5.97 Å². The molecule has 6 nitrogen and oxygen atoms in total. The molecule has 0 fully saturated rings. The summed E-state index contributed by atoms with van der Waals surface area (Å²) in [5, 5.41) is 27.4. The first-order chi connectivity index (χ1) is 6.97. The maximum Gasteiger partial charge on any atom is 0.325 e. The number of phenols is 2. The molecule has 82 valence electrons. The van der Waals surface area contributed by atoms with Crippen molar-refractivity contribution in [2.75, 3.05) is 7.11 Å². The van der Waals surface area contributed by atoms with Crippen LogP contribution in [0.4, 0.5) is 0 Å². The van der Waals surface area contributed by atoms with Crippen molar-refractivity contribution < 1.29 is 24.9 Å². The van der Waals surface area contributed by atoms with Crippen LogP contribution in [-0.4, -0.2) is 28.4 Å². The first kappa shape index (κ1) is 11.1. The molecule has 0 saturated carbocycles. The number of ether oxygens (including phenoxy) is 1. The SMILES string of the molecule is COc1c(O)cc([C@@H](N)C(=O)O)cc1O. The maximum atomic E-state index is 10.6. The van der Waals surface area contributed by atoms with Gasteiger partial charge in [0, 0.05) is 0 Å². The predicted octanol–water partition coefficient (Wildman–Crippen LogP) is 0.191. The van der Waals surface area contributed by atoms with E-state index in [4.69, 9.17) is 10.8 Å². The van der Waals surface area contributed by atoms with E-state index in [1.807, 2.05) is 0 Å². The zero-order chi connectivity index (χ0) is 11.6. The summed E-state index contributed by atoms with van der Waals surface area (Å²) < 4.78 is 4.68. The van der Waals surface area contributed by atoms with Gasteiger partial charge in [-0.1, -0.05) is 0 Å². The van der Waals surface area contributed by atoms with Crippen molar-refractivity contribution in [1.82, 2.24) is 0 Å². The van der Waals surface area contributed by atoms with Gasteiger partial charge in [0.2, 0.25) is 5.75 Å². The first-order valence-electron chi connectivity index (χ1n) is 4.05. The number of phenolic OH excluding ortho intramolecular Hbond substituents is 2. The van der Waals surface area contributed by atoms with E-state index in [2.05, 4.69) is 4.74 Å². The van der Waals surface area contributed by atoms with E-state index >= 15 is 0 Å². The Bertz CT molecular complexity index is 367. The van der Waals surface area contributed by atoms with Gasteiger partial charge in [0.1, 0.15) is 6.04 Å². The number of benzene rings is 1. The topological polar surface area (TPSA) is 113 Å². The number of hydrogen-bond donors (Lipinski definition) is 4. The van der Waals surface area contributed by atoms with Crippen LogP contribution in [0.15, 0.2) is 12.1 Å². The van der Waals surface area contributed by atoms with E-state index in [0.717, 1.165) is 12.1 Å². The molecule has 0 aliphatic rings. The fraction of sp³-hybridized carbons (Fsp3) is 0.222. The van der Waals surface area contributed by atoms with Crippen LogP contribution in [0.5, 0.6) is 17.2 Å². The maximum absolute atomic E-state index is 10.6. The van der Waals surface area contributed by atoms with Crippen LogP contribution in [0.1, 0.15) is 11.6 Å². The molecule has 0 aliphatic carbocycles. The monoisotopic (exact) mass is 213 g/mol. The normalized spacial score (nSPS) is 12.1. The molecule has 0 amide bonds. The average Bonchev–Trinajstić information content (AvgIpc) is 2.15. The van der Waals surface area contributed by atoms with E-state index in [1.54, 1.807) is 0 Å². The quantitative estimate of drug-likeness (QED) is 0.570. The van der Waals surface area contributed by atoms with Gasteiger partial charge in [-0.15, -0.1) is 0 Å². The lowest BCUT2D eigenvalue weighted by atomic mass is 10.1. The number of hydrogen-bond acceptors (Lipinski definition) is 5. The Kier molecular flexibility index (Phi) is 3.01. The van der Waals surface area contributed by atoms with Crippen LogP contribution >= 0.6 is 0 Å². The van der Waals surface area contributed by atoms with Gasteiger partial charge in [0.05, 0.1) is 7.11 Å². The summed E-state index contributed by atoms with van der Waals surface area (Å²) in [6, 6.07) is 0.974. The van der Waals surface area contributed by atoms with Crippen LogP contribution in [0.2, 0.25) is 0 Å². The fourth-order valence-electron chi connectivity index (χ4n) is 1.15. The van der Waals surface area contributed by atoms with E-state index in [9.17, 15) is 15.0 Å². The summed E-state index contributed by atoms with van der Waals surface area (Å²) >= 11 is 0. The second-order valence-corrected chi connectivity index (χ2v) is 2.91. The third-order valence-corrected chi connectivity index (χ3v) is 1.90. The molecule has 15 heavy (non-hydrogen) atoms. The number of methoxy groups -OCH3 is 1. The van der Waals surface area contributed by atoms with E-state index in [1.165, 1.54) is 7.11 Å². The minimum Gasteiger partial charge on any atom is -0.504 e. The highest BCUT2D eigenvalue weighted by Gasteiger charge is 2.18. The molecule has 0 unspecified atom stereocenters. The molecule has 0 bridgehead atoms. The molecule has 6 heteroatoms. The van der Waals surface area contributed by atoms with Gasteiger partial charge < -0.3 is 25.8 Å². The zero-order valence-corrected chi connectivity index (χ0v) is 7.97. The minimum atomic E-state index is -1.30. The first-order valence-corrected chi connectivity index (χ1v) is 4.05. The van der Waals surface area contributed by atoms with Crippen LogP contribution in [0.3, 0.4) is 0 Å². The summed E-state index contributed by atoms with van der Waals surface area (Å²) in [5.74, 6) is -2.08. The second kappa shape index (κ2) is 4.05. The number of nitrogens with two attached hydrogens (primary N) is 1. The lowest BCUT2D eigenvalue weighted by molar-refractivity contribution is -0.138. The van der Waals surface area contributed by atoms with Crippen molar-refractivity contribution in [3.63, 3.8) is 0 Å². The molecule has 1 atom stereocenters. The molecule has 0 aliphatic heterocycles. The number of carbonyl (C=O) groups is 1. The smallest absolute Gasteiger partial charge is 0.325 e. The van der Waals surface area contributed by atoms with Crippen molar-refractivity contribution in [2.45, 2.75) is 6.04 Å². The lowest BCUT2D eigenvalue weighted by Crippen LogP contribution is -2.20. The predicted molar refractivity (Wildman–Crippen MR) is 50.9 cm³/mol. The zero-order valence-electron chi connectivity index (χ0n) is 7.97. The Morgan fingerprint density at radius 2 is 1.87 bits per heavy atom. The number of aromatic hydroxyl groups is 2. The molecule has 1 aromatic rings. The Morgan fingerprint density at radius 3 is 2.20 bits per heavy atom. The fourth-order valence-corrected chi connectivity index (χ4v) is 1.15. The van der Waals surface area contributed by atoms with Crippen LogP contribution in [0, 0.1) is 0 Å². The van der Waals surface area contributed by atoms with E-state index in [0.29, 0.717) is 0 Å². The molecular weight excluding hydrogens is 202 g/mol. The van der Waals surface area contributed by atoms with Crippen LogP contribution < -0.4 is 10.5 Å². The second-order valence-electron chi connectivity index (χ2n) is 2.91. The summed E-state index contributed by atoms with van der Waals surface area (Å²) in [6.07, 6.45) is 0. The van der Waals surface area contributed by atoms with E-state index < -0.39 is 12.0 Å². The molecule has 1 rings (SSSR count). The van der Waals surface area contributed by atoms with Crippen molar-refractivity contribution in [3.8, 4) is 17.2 Å². The molecule has 0 heterocycles. The molecule has 1 aromatic carbocycles. The van der Waals surface area contributed by atoms with Crippen molar-refractivity contribution in [3.05, 3.63) is 17.7 Å². The number of carboxylic acid groups (broad SMARTS) is 1. The van der Waals surface area contributed by atoms with Gasteiger partial charge in [0.25, 0.3) is 0 Å². The Morgan fingerprint density at radius 1 is 1.40 bits per heavy atom. The number of carboxylic acids is 1. The van der Waals surface area contributed by atoms with Gasteiger partial charge in [-0.05, 0) is 17.7 Å². The number of rotatable bonds is 3. The summed E-state index contributed by atoms with van der Waals surface area (Å²) in [7, 11) is 1.27. The molecule has 0 saturated heterocycles. The Labute approximate surface area is 85.5 Å². The average molecular weight is 213 g/mol. The molecule has 0 radical (unpaired) electrons. The molecule has 5 N–H and O–H groups in total. The van der Waals surface area contributed by atoms with Gasteiger partial charge >= 0.3 is 5.97 Å². The van der Waals surface area contributed by atoms with Gasteiger partial charge in [0.15, 0.2) is 11.5 Å². The van der Waals surface area contributed by atoms with Crippen molar-refractivity contribution in [1.29, 1.82) is 0 Å². The third kappa shape index (κ3) is 2.10. The highest BCUT2D eigenvalue weighted by atomic mass is 16.5. The Hall–Kier alpha value is -1.95. The van der Waals surface area contributed by atoms with Crippen LogP contribution in [0.25, 0.3) is 0 Å². The molecular formula is C9H11NO5. The lowest BCUT2D eigenvalue weighted by Gasteiger charge is -2.11. The standard InChI is InChI=1S/C9H11NO5/c1-15-8-5(11)2-4(3-6(8)12)7(10)9(13)14/h2-3,7,11-12H,10H2,1H3,(H,13,14)/t7-/m1/s1. The van der Waals surface area contributed by atoms with Gasteiger partial charge in [-0.3, -0.25) is 4.79 Å². The van der Waals surface area contributed by atoms with Gasteiger partial charge in [-0.2, -0.15) is 0 Å². The number of aliphatic carboxylic acids is 1. The van der Waals surface area contributed by atoms with Gasteiger partial charge in [-0.25, -0.2) is 0 Å². The summed E-state index contributed by atoms with van der Waals surface area (Å²) in [6.45, 7) is 0. The largest absolute Gasteiger partial charge is 0.504 e.